The highest BCUT2D eigenvalue weighted by Crippen LogP contribution is 2.30. The lowest BCUT2D eigenvalue weighted by molar-refractivity contribution is 0.0741. The number of amides is 1. The highest BCUT2D eigenvalue weighted by molar-refractivity contribution is 7.89. The normalized spacial score (nSPS) is 16.2. The largest absolute Gasteiger partial charge is 0.496 e. The summed E-state index contributed by atoms with van der Waals surface area (Å²) in [5, 5.41) is 0. The maximum absolute atomic E-state index is 13.0. The van der Waals surface area contributed by atoms with Gasteiger partial charge in [-0.3, -0.25) is 4.79 Å². The first-order valence-corrected chi connectivity index (χ1v) is 12.2. The van der Waals surface area contributed by atoms with E-state index in [2.05, 4.69) is 0 Å². The van der Waals surface area contributed by atoms with Gasteiger partial charge in [-0.25, -0.2) is 8.42 Å². The van der Waals surface area contributed by atoms with Crippen molar-refractivity contribution < 1.29 is 17.9 Å². The Bertz CT molecular complexity index is 998. The van der Waals surface area contributed by atoms with Gasteiger partial charge in [0.15, 0.2) is 0 Å². The standard InChI is InChI=1S/C24H32N2O4S/c1-18(22-12-8-9-13-23(22)30-4)25(2)24(27)19-14-16-21(17-15-19)31(28,29)26(3)20-10-6-5-7-11-20/h8-9,12-18,20H,5-7,10-11H2,1-4H3. The van der Waals surface area contributed by atoms with Crippen molar-refractivity contribution >= 4 is 15.9 Å². The number of carbonyl (C=O) groups is 1. The minimum absolute atomic E-state index is 0.0490. The number of ether oxygens (including phenoxy) is 1. The van der Waals surface area contributed by atoms with Crippen molar-refractivity contribution in [2.45, 2.75) is 56.0 Å². The van der Waals surface area contributed by atoms with Gasteiger partial charge in [-0.05, 0) is 50.1 Å². The van der Waals surface area contributed by atoms with Crippen LogP contribution in [-0.2, 0) is 10.0 Å². The van der Waals surface area contributed by atoms with Gasteiger partial charge in [-0.15, -0.1) is 0 Å². The number of hydrogen-bond acceptors (Lipinski definition) is 4. The molecule has 168 valence electrons. The minimum atomic E-state index is -3.58. The van der Waals surface area contributed by atoms with Crippen LogP contribution in [0.5, 0.6) is 5.75 Å². The Balaban J connectivity index is 1.76. The molecule has 0 N–H and O–H groups in total. The number of para-hydroxylation sites is 1. The van der Waals surface area contributed by atoms with E-state index in [4.69, 9.17) is 4.74 Å². The minimum Gasteiger partial charge on any atom is -0.496 e. The summed E-state index contributed by atoms with van der Waals surface area (Å²) in [5.41, 5.74) is 1.36. The van der Waals surface area contributed by atoms with Crippen LogP contribution < -0.4 is 4.74 Å². The third kappa shape index (κ3) is 4.93. The molecule has 0 heterocycles. The molecule has 0 saturated heterocycles. The van der Waals surface area contributed by atoms with Crippen LogP contribution in [0.25, 0.3) is 0 Å². The van der Waals surface area contributed by atoms with Crippen molar-refractivity contribution in [2.24, 2.45) is 0 Å². The van der Waals surface area contributed by atoms with Gasteiger partial charge in [0.05, 0.1) is 18.0 Å². The number of nitrogens with zero attached hydrogens (tertiary/aromatic N) is 2. The van der Waals surface area contributed by atoms with Crippen LogP contribution in [0.15, 0.2) is 53.4 Å². The molecule has 2 aromatic carbocycles. The molecule has 6 nitrogen and oxygen atoms in total. The van der Waals surface area contributed by atoms with Gasteiger partial charge in [0.25, 0.3) is 5.91 Å². The van der Waals surface area contributed by atoms with Crippen LogP contribution in [0.1, 0.15) is 61.0 Å². The number of carbonyl (C=O) groups excluding carboxylic acids is 1. The molecule has 1 amide bonds. The van der Waals surface area contributed by atoms with Crippen molar-refractivity contribution in [3.05, 3.63) is 59.7 Å². The Labute approximate surface area is 185 Å². The molecule has 1 aliphatic rings. The third-order valence-electron chi connectivity index (χ3n) is 6.36. The fourth-order valence-electron chi connectivity index (χ4n) is 4.18. The number of sulfonamides is 1. The molecule has 1 unspecified atom stereocenters. The fourth-order valence-corrected chi connectivity index (χ4v) is 5.59. The zero-order chi connectivity index (χ0) is 22.6. The Morgan fingerprint density at radius 3 is 2.23 bits per heavy atom. The Hall–Kier alpha value is -2.38. The Morgan fingerprint density at radius 2 is 1.61 bits per heavy atom. The molecule has 3 rings (SSSR count). The summed E-state index contributed by atoms with van der Waals surface area (Å²) in [6.45, 7) is 1.94. The first-order chi connectivity index (χ1) is 14.8. The van der Waals surface area contributed by atoms with Crippen LogP contribution in [0.3, 0.4) is 0 Å². The first kappa shape index (κ1) is 23.3. The van der Waals surface area contributed by atoms with E-state index in [1.807, 2.05) is 31.2 Å². The van der Waals surface area contributed by atoms with Crippen molar-refractivity contribution in [1.29, 1.82) is 0 Å². The molecule has 0 bridgehead atoms. The second kappa shape index (κ2) is 9.83. The number of hydrogen-bond donors (Lipinski definition) is 0. The van der Waals surface area contributed by atoms with E-state index in [0.29, 0.717) is 5.56 Å². The summed E-state index contributed by atoms with van der Waals surface area (Å²) in [6.07, 6.45) is 5.10. The van der Waals surface area contributed by atoms with E-state index in [0.717, 1.165) is 37.0 Å². The van der Waals surface area contributed by atoms with Crippen LogP contribution in [-0.4, -0.2) is 50.8 Å². The van der Waals surface area contributed by atoms with Crippen molar-refractivity contribution in [3.63, 3.8) is 0 Å². The molecule has 0 radical (unpaired) electrons. The van der Waals surface area contributed by atoms with E-state index in [-0.39, 0.29) is 22.9 Å². The summed E-state index contributed by atoms with van der Waals surface area (Å²) >= 11 is 0. The van der Waals surface area contributed by atoms with Gasteiger partial charge in [0.2, 0.25) is 10.0 Å². The molecule has 1 aliphatic carbocycles. The highest BCUT2D eigenvalue weighted by atomic mass is 32.2. The summed E-state index contributed by atoms with van der Waals surface area (Å²) in [5.74, 6) is 0.546. The van der Waals surface area contributed by atoms with Gasteiger partial charge in [-0.1, -0.05) is 37.5 Å². The molecule has 2 aromatic rings. The number of rotatable bonds is 7. The summed E-state index contributed by atoms with van der Waals surface area (Å²) in [7, 11) is 1.43. The van der Waals surface area contributed by atoms with E-state index < -0.39 is 10.0 Å². The molecule has 0 aromatic heterocycles. The van der Waals surface area contributed by atoms with Gasteiger partial charge >= 0.3 is 0 Å². The quantitative estimate of drug-likeness (QED) is 0.631. The molecule has 0 spiro atoms. The van der Waals surface area contributed by atoms with Gasteiger partial charge in [0.1, 0.15) is 5.75 Å². The van der Waals surface area contributed by atoms with Gasteiger partial charge < -0.3 is 9.64 Å². The Morgan fingerprint density at radius 1 is 1.00 bits per heavy atom. The van der Waals surface area contributed by atoms with Crippen LogP contribution in [0, 0.1) is 0 Å². The monoisotopic (exact) mass is 444 g/mol. The maximum atomic E-state index is 13.0. The average molecular weight is 445 g/mol. The van der Waals surface area contributed by atoms with Crippen LogP contribution in [0.4, 0.5) is 0 Å². The third-order valence-corrected chi connectivity index (χ3v) is 8.28. The molecule has 1 fully saturated rings. The zero-order valence-electron chi connectivity index (χ0n) is 18.7. The molecule has 1 saturated carbocycles. The number of benzene rings is 2. The van der Waals surface area contributed by atoms with E-state index in [9.17, 15) is 13.2 Å². The topological polar surface area (TPSA) is 66.9 Å². The second-order valence-electron chi connectivity index (χ2n) is 8.17. The Kier molecular flexibility index (Phi) is 7.38. The predicted octanol–water partition coefficient (Wildman–Crippen LogP) is 4.48. The van der Waals surface area contributed by atoms with Crippen molar-refractivity contribution in [2.75, 3.05) is 21.2 Å². The molecule has 31 heavy (non-hydrogen) atoms. The van der Waals surface area contributed by atoms with E-state index >= 15 is 0 Å². The highest BCUT2D eigenvalue weighted by Gasteiger charge is 2.29. The maximum Gasteiger partial charge on any atom is 0.254 e. The van der Waals surface area contributed by atoms with Crippen LogP contribution >= 0.6 is 0 Å². The van der Waals surface area contributed by atoms with Gasteiger partial charge in [-0.2, -0.15) is 4.31 Å². The average Bonchev–Trinajstić information content (AvgIpc) is 2.82. The lowest BCUT2D eigenvalue weighted by Gasteiger charge is -2.30. The van der Waals surface area contributed by atoms with E-state index in [1.165, 1.54) is 22.9 Å². The summed E-state index contributed by atoms with van der Waals surface area (Å²) in [6, 6.07) is 13.7. The molecule has 0 aliphatic heterocycles. The second-order valence-corrected chi connectivity index (χ2v) is 10.2. The summed E-state index contributed by atoms with van der Waals surface area (Å²) in [4.78, 5) is 14.9. The van der Waals surface area contributed by atoms with Crippen LogP contribution in [0.2, 0.25) is 0 Å². The first-order valence-electron chi connectivity index (χ1n) is 10.8. The zero-order valence-corrected chi connectivity index (χ0v) is 19.6. The molecular weight excluding hydrogens is 412 g/mol. The molecule has 1 atom stereocenters. The van der Waals surface area contributed by atoms with E-state index in [1.54, 1.807) is 38.2 Å². The lowest BCUT2D eigenvalue weighted by Crippen LogP contribution is -2.38. The fraction of sp³-hybridized carbons (Fsp3) is 0.458. The van der Waals surface area contributed by atoms with Gasteiger partial charge in [0, 0.05) is 31.3 Å². The smallest absolute Gasteiger partial charge is 0.254 e. The lowest BCUT2D eigenvalue weighted by atomic mass is 9.96. The van der Waals surface area contributed by atoms with Crippen molar-refractivity contribution in [3.8, 4) is 5.75 Å². The molecule has 7 heteroatoms. The summed E-state index contributed by atoms with van der Waals surface area (Å²) < 4.78 is 33.0. The SMILES string of the molecule is COc1ccccc1C(C)N(C)C(=O)c1ccc(S(=O)(=O)N(C)C2CCCCC2)cc1. The molecular formula is C24H32N2O4S. The number of methoxy groups -OCH3 is 1. The predicted molar refractivity (Wildman–Crippen MR) is 122 cm³/mol. The van der Waals surface area contributed by atoms with Crippen molar-refractivity contribution in [1.82, 2.24) is 9.21 Å².